The molecule has 0 unspecified atom stereocenters. The van der Waals surface area contributed by atoms with Crippen molar-refractivity contribution < 1.29 is 0 Å². The average molecular weight is 276 g/mol. The molecule has 0 bridgehead atoms. The average Bonchev–Trinajstić information content (AvgIpc) is 2.31. The minimum atomic E-state index is -0.0778. The van der Waals surface area contributed by atoms with Gasteiger partial charge in [0.25, 0.3) is 0 Å². The van der Waals surface area contributed by atoms with E-state index in [4.69, 9.17) is 10.7 Å². The molecule has 1 aliphatic heterocycles. The second kappa shape index (κ2) is 4.90. The number of aromatic nitrogens is 2. The highest BCUT2D eigenvalue weighted by Crippen LogP contribution is 2.34. The minimum Gasteiger partial charge on any atom is -0.383 e. The van der Waals surface area contributed by atoms with E-state index in [-0.39, 0.29) is 5.41 Å². The van der Waals surface area contributed by atoms with E-state index < -0.39 is 0 Å². The van der Waals surface area contributed by atoms with Gasteiger partial charge in [0.05, 0.1) is 0 Å². The Morgan fingerprint density at radius 1 is 1.10 bits per heavy atom. The smallest absolute Gasteiger partial charge is 0.138 e. The maximum absolute atomic E-state index is 6.10. The van der Waals surface area contributed by atoms with Crippen molar-refractivity contribution in [1.29, 1.82) is 0 Å². The summed E-state index contributed by atoms with van der Waals surface area (Å²) in [7, 11) is 0. The molecule has 1 aliphatic rings. The molecule has 2 N–H and O–H groups in total. The maximum Gasteiger partial charge on any atom is 0.138 e. The lowest BCUT2D eigenvalue weighted by Crippen LogP contribution is -2.38. The first kappa shape index (κ1) is 15.1. The van der Waals surface area contributed by atoms with Crippen LogP contribution < -0.4 is 10.6 Å². The van der Waals surface area contributed by atoms with Crippen LogP contribution >= 0.6 is 0 Å². The number of nitrogens with two attached hydrogens (primary N) is 1. The summed E-state index contributed by atoms with van der Waals surface area (Å²) in [5, 5.41) is 0. The van der Waals surface area contributed by atoms with Crippen LogP contribution in [0.5, 0.6) is 0 Å². The SMILES string of the molecule is Cc1c(N)nc(C(C)(C)C)nc1N1CCC(C)(C)CC1. The van der Waals surface area contributed by atoms with E-state index in [0.29, 0.717) is 11.2 Å². The highest BCUT2D eigenvalue weighted by Gasteiger charge is 2.28. The first-order chi connectivity index (χ1) is 9.10. The summed E-state index contributed by atoms with van der Waals surface area (Å²) in [6.45, 7) is 15.2. The molecule has 4 nitrogen and oxygen atoms in total. The topological polar surface area (TPSA) is 55.0 Å². The Kier molecular flexibility index (Phi) is 3.69. The van der Waals surface area contributed by atoms with Crippen molar-refractivity contribution in [1.82, 2.24) is 9.97 Å². The van der Waals surface area contributed by atoms with Crippen LogP contribution in [0.2, 0.25) is 0 Å². The third kappa shape index (κ3) is 3.05. The summed E-state index contributed by atoms with van der Waals surface area (Å²) in [5.74, 6) is 2.48. The summed E-state index contributed by atoms with van der Waals surface area (Å²) < 4.78 is 0. The van der Waals surface area contributed by atoms with Gasteiger partial charge in [-0.15, -0.1) is 0 Å². The first-order valence-electron chi connectivity index (χ1n) is 7.50. The Bertz CT molecular complexity index is 490. The molecule has 2 heterocycles. The van der Waals surface area contributed by atoms with Crippen molar-refractivity contribution >= 4 is 11.6 Å². The summed E-state index contributed by atoms with van der Waals surface area (Å²) in [5.41, 5.74) is 7.47. The molecule has 0 spiro atoms. The molecule has 1 aromatic heterocycles. The van der Waals surface area contributed by atoms with Crippen LogP contribution in [-0.2, 0) is 5.41 Å². The maximum atomic E-state index is 6.10. The predicted octanol–water partition coefficient (Wildman–Crippen LogP) is 3.29. The molecule has 0 atom stereocenters. The highest BCUT2D eigenvalue weighted by atomic mass is 15.2. The molecule has 0 aliphatic carbocycles. The molecule has 0 aromatic carbocycles. The number of rotatable bonds is 1. The Hall–Kier alpha value is -1.32. The zero-order chi connectivity index (χ0) is 15.1. The molecule has 1 fully saturated rings. The fourth-order valence-corrected chi connectivity index (χ4v) is 2.49. The third-order valence-electron chi connectivity index (χ3n) is 4.25. The van der Waals surface area contributed by atoms with Gasteiger partial charge in [-0.05, 0) is 25.2 Å². The Labute approximate surface area is 122 Å². The molecule has 20 heavy (non-hydrogen) atoms. The highest BCUT2D eigenvalue weighted by molar-refractivity contribution is 5.57. The monoisotopic (exact) mass is 276 g/mol. The Balaban J connectivity index is 2.34. The van der Waals surface area contributed by atoms with Gasteiger partial charge in [-0.25, -0.2) is 9.97 Å². The van der Waals surface area contributed by atoms with E-state index in [1.54, 1.807) is 0 Å². The number of nitrogen functional groups attached to an aromatic ring is 1. The quantitative estimate of drug-likeness (QED) is 0.855. The lowest BCUT2D eigenvalue weighted by molar-refractivity contribution is 0.279. The molecule has 112 valence electrons. The van der Waals surface area contributed by atoms with E-state index in [2.05, 4.69) is 44.5 Å². The summed E-state index contributed by atoms with van der Waals surface area (Å²) in [4.78, 5) is 11.6. The standard InChI is InChI=1S/C16H28N4/c1-11-12(17)18-14(15(2,3)4)19-13(11)20-9-7-16(5,6)8-10-20/h7-10H2,1-6H3,(H2,17,18,19). The first-order valence-corrected chi connectivity index (χ1v) is 7.50. The molecule has 1 aromatic rings. The molecule has 0 amide bonds. The van der Waals surface area contributed by atoms with Gasteiger partial charge >= 0.3 is 0 Å². The van der Waals surface area contributed by atoms with Crippen LogP contribution in [0, 0.1) is 12.3 Å². The number of hydrogen-bond donors (Lipinski definition) is 1. The van der Waals surface area contributed by atoms with E-state index in [9.17, 15) is 0 Å². The molecular formula is C16H28N4. The fourth-order valence-electron chi connectivity index (χ4n) is 2.49. The van der Waals surface area contributed by atoms with Gasteiger partial charge in [0.15, 0.2) is 0 Å². The number of nitrogens with zero attached hydrogens (tertiary/aromatic N) is 3. The van der Waals surface area contributed by atoms with Crippen LogP contribution in [0.15, 0.2) is 0 Å². The second-order valence-electron chi connectivity index (χ2n) is 7.78. The largest absolute Gasteiger partial charge is 0.383 e. The van der Waals surface area contributed by atoms with Gasteiger partial charge in [0.1, 0.15) is 17.5 Å². The molecule has 0 saturated carbocycles. The molecule has 4 heteroatoms. The van der Waals surface area contributed by atoms with Crippen LogP contribution in [0.25, 0.3) is 0 Å². The normalized spacial score (nSPS) is 19.2. The Morgan fingerprint density at radius 2 is 1.65 bits per heavy atom. The van der Waals surface area contributed by atoms with Crippen LogP contribution in [-0.4, -0.2) is 23.1 Å². The van der Waals surface area contributed by atoms with Crippen molar-refractivity contribution in [2.75, 3.05) is 23.7 Å². The molecule has 0 radical (unpaired) electrons. The number of hydrogen-bond acceptors (Lipinski definition) is 4. The summed E-state index contributed by atoms with van der Waals surface area (Å²) in [6.07, 6.45) is 2.39. The lowest BCUT2D eigenvalue weighted by atomic mass is 9.82. The lowest BCUT2D eigenvalue weighted by Gasteiger charge is -2.38. The van der Waals surface area contributed by atoms with Crippen molar-refractivity contribution in [2.45, 2.75) is 59.8 Å². The van der Waals surface area contributed by atoms with Gasteiger partial charge in [-0.1, -0.05) is 34.6 Å². The van der Waals surface area contributed by atoms with Crippen LogP contribution in [0.3, 0.4) is 0 Å². The van der Waals surface area contributed by atoms with Gasteiger partial charge in [0.2, 0.25) is 0 Å². The van der Waals surface area contributed by atoms with Gasteiger partial charge in [-0.2, -0.15) is 0 Å². The van der Waals surface area contributed by atoms with Crippen molar-refractivity contribution in [3.63, 3.8) is 0 Å². The number of anilines is 2. The molecular weight excluding hydrogens is 248 g/mol. The molecule has 1 saturated heterocycles. The Morgan fingerprint density at radius 3 is 2.15 bits per heavy atom. The van der Waals surface area contributed by atoms with Gasteiger partial charge in [0, 0.05) is 24.1 Å². The molecule has 2 rings (SSSR count). The van der Waals surface area contributed by atoms with Crippen molar-refractivity contribution in [2.24, 2.45) is 5.41 Å². The van der Waals surface area contributed by atoms with Crippen molar-refractivity contribution in [3.05, 3.63) is 11.4 Å². The fraction of sp³-hybridized carbons (Fsp3) is 0.750. The van der Waals surface area contributed by atoms with Crippen LogP contribution in [0.4, 0.5) is 11.6 Å². The van der Waals surface area contributed by atoms with E-state index in [1.165, 1.54) is 12.8 Å². The number of piperidine rings is 1. The zero-order valence-electron chi connectivity index (χ0n) is 13.7. The van der Waals surface area contributed by atoms with E-state index in [0.717, 1.165) is 30.3 Å². The predicted molar refractivity (Wildman–Crippen MR) is 85.1 cm³/mol. The summed E-state index contributed by atoms with van der Waals surface area (Å²) >= 11 is 0. The van der Waals surface area contributed by atoms with Crippen LogP contribution in [0.1, 0.15) is 58.8 Å². The van der Waals surface area contributed by atoms with E-state index >= 15 is 0 Å². The third-order valence-corrected chi connectivity index (χ3v) is 4.25. The second-order valence-corrected chi connectivity index (χ2v) is 7.78. The van der Waals surface area contributed by atoms with Crippen molar-refractivity contribution in [3.8, 4) is 0 Å². The van der Waals surface area contributed by atoms with Gasteiger partial charge in [-0.3, -0.25) is 0 Å². The van der Waals surface area contributed by atoms with E-state index in [1.807, 2.05) is 6.92 Å². The van der Waals surface area contributed by atoms with Gasteiger partial charge < -0.3 is 10.6 Å². The summed E-state index contributed by atoms with van der Waals surface area (Å²) in [6, 6.07) is 0. The zero-order valence-corrected chi connectivity index (χ0v) is 13.7. The minimum absolute atomic E-state index is 0.0778.